The van der Waals surface area contributed by atoms with Crippen molar-refractivity contribution >= 4 is 97.5 Å². The molecule has 0 aliphatic rings. The lowest BCUT2D eigenvalue weighted by Crippen LogP contribution is -1.97. The highest BCUT2D eigenvalue weighted by molar-refractivity contribution is 6.42. The smallest absolute Gasteiger partial charge is 0.0568 e. The van der Waals surface area contributed by atoms with Gasteiger partial charge in [0.2, 0.25) is 0 Å². The molecular weight excluding hydrogens is 677 g/mol. The number of nitrogens with zero attached hydrogens (tertiary/aromatic N) is 2. The van der Waals surface area contributed by atoms with E-state index in [0.717, 1.165) is 5.69 Å². The number of hydrogen-bond donors (Lipinski definition) is 0. The van der Waals surface area contributed by atoms with Crippen LogP contribution in [0.15, 0.2) is 194 Å². The van der Waals surface area contributed by atoms with Gasteiger partial charge in [-0.2, -0.15) is 0 Å². The fraction of sp³-hybridized carbons (Fsp3) is 0. The predicted octanol–water partition coefficient (Wildman–Crippen LogP) is 14.8. The Balaban J connectivity index is 1.22. The van der Waals surface area contributed by atoms with Crippen LogP contribution >= 0.6 is 0 Å². The Morgan fingerprint density at radius 3 is 1.43 bits per heavy atom. The van der Waals surface area contributed by atoms with E-state index < -0.39 is 0 Å². The molecule has 13 rings (SSSR count). The molecule has 2 aromatic heterocycles. The van der Waals surface area contributed by atoms with E-state index in [1.54, 1.807) is 0 Å². The molecule has 0 bridgehead atoms. The molecular formula is C54H32N2. The third kappa shape index (κ3) is 3.90. The van der Waals surface area contributed by atoms with Crippen LogP contribution in [0.25, 0.3) is 120 Å². The average molecular weight is 709 g/mol. The van der Waals surface area contributed by atoms with Gasteiger partial charge in [0, 0.05) is 38.3 Å². The highest BCUT2D eigenvalue weighted by Gasteiger charge is 2.25. The van der Waals surface area contributed by atoms with Crippen LogP contribution in [0.1, 0.15) is 0 Å². The summed E-state index contributed by atoms with van der Waals surface area (Å²) in [7, 11) is 0. The molecule has 0 saturated heterocycles. The molecule has 0 saturated carbocycles. The summed E-state index contributed by atoms with van der Waals surface area (Å²) in [6, 6.07) is 71.9. The molecule has 258 valence electrons. The summed E-state index contributed by atoms with van der Waals surface area (Å²) in [4.78, 5) is 0. The molecule has 0 aliphatic heterocycles. The Kier molecular flexibility index (Phi) is 5.92. The Morgan fingerprint density at radius 2 is 0.679 bits per heavy atom. The molecule has 2 nitrogen and oxygen atoms in total. The van der Waals surface area contributed by atoms with Crippen LogP contribution in [0.5, 0.6) is 0 Å². The highest BCUT2D eigenvalue weighted by Crippen LogP contribution is 2.49. The maximum absolute atomic E-state index is 2.54. The molecule has 0 spiro atoms. The minimum absolute atomic E-state index is 1.15. The Labute approximate surface area is 322 Å². The number of aromatic nitrogens is 2. The van der Waals surface area contributed by atoms with Gasteiger partial charge in [0.15, 0.2) is 0 Å². The summed E-state index contributed by atoms with van der Waals surface area (Å²) in [6.45, 7) is 0. The molecule has 13 aromatic rings. The van der Waals surface area contributed by atoms with E-state index in [1.807, 2.05) is 0 Å². The maximum atomic E-state index is 2.54. The normalized spacial score (nSPS) is 12.3. The van der Waals surface area contributed by atoms with Gasteiger partial charge in [-0.3, -0.25) is 0 Å². The van der Waals surface area contributed by atoms with Gasteiger partial charge in [-0.1, -0.05) is 152 Å². The fourth-order valence-electron chi connectivity index (χ4n) is 10.1. The second kappa shape index (κ2) is 11.1. The summed E-state index contributed by atoms with van der Waals surface area (Å²) >= 11 is 0. The first kappa shape index (κ1) is 30.0. The van der Waals surface area contributed by atoms with Gasteiger partial charge in [0.05, 0.1) is 22.1 Å². The third-order valence-corrected chi connectivity index (χ3v) is 12.4. The lowest BCUT2D eigenvalue weighted by Gasteiger charge is -2.14. The quantitative estimate of drug-likeness (QED) is 0.162. The zero-order valence-corrected chi connectivity index (χ0v) is 30.4. The molecule has 0 N–H and O–H groups in total. The van der Waals surface area contributed by atoms with E-state index in [9.17, 15) is 0 Å². The van der Waals surface area contributed by atoms with Crippen molar-refractivity contribution in [1.29, 1.82) is 0 Å². The van der Waals surface area contributed by atoms with Crippen molar-refractivity contribution in [3.05, 3.63) is 194 Å². The summed E-state index contributed by atoms with van der Waals surface area (Å²) < 4.78 is 5.03. The number of fused-ring (bicyclic) bond motifs is 13. The molecule has 0 aliphatic carbocycles. The predicted molar refractivity (Wildman–Crippen MR) is 239 cm³/mol. The van der Waals surface area contributed by atoms with Crippen molar-refractivity contribution in [2.75, 3.05) is 0 Å². The van der Waals surface area contributed by atoms with Crippen LogP contribution in [0.4, 0.5) is 0 Å². The van der Waals surface area contributed by atoms with Crippen LogP contribution < -0.4 is 0 Å². The van der Waals surface area contributed by atoms with Gasteiger partial charge in [-0.25, -0.2) is 0 Å². The van der Waals surface area contributed by atoms with E-state index in [0.29, 0.717) is 0 Å². The van der Waals surface area contributed by atoms with E-state index >= 15 is 0 Å². The molecule has 2 heterocycles. The van der Waals surface area contributed by atoms with E-state index in [1.165, 1.54) is 114 Å². The number of hydrogen-bond acceptors (Lipinski definition) is 0. The Bertz CT molecular complexity index is 3720. The zero-order chi connectivity index (χ0) is 36.5. The molecule has 0 unspecified atom stereocenters. The summed E-state index contributed by atoms with van der Waals surface area (Å²) in [5, 5.41) is 18.1. The number of para-hydroxylation sites is 1. The highest BCUT2D eigenvalue weighted by atomic mass is 15.0. The molecule has 56 heavy (non-hydrogen) atoms. The SMILES string of the molecule is c1ccc(-c2cccc(-n3c4ccccc4c4c5c6ccccc6c6cccc7c6c5c(cc43)n7-c3ccc4c5ccccc5c5ccccc5c4c3)c2)cc1. The first-order valence-corrected chi connectivity index (χ1v) is 19.4. The van der Waals surface area contributed by atoms with Crippen molar-refractivity contribution in [3.63, 3.8) is 0 Å². The number of rotatable bonds is 3. The summed E-state index contributed by atoms with van der Waals surface area (Å²) in [6.07, 6.45) is 0. The van der Waals surface area contributed by atoms with Crippen molar-refractivity contribution in [3.8, 4) is 22.5 Å². The summed E-state index contributed by atoms with van der Waals surface area (Å²) in [5.74, 6) is 0. The van der Waals surface area contributed by atoms with Gasteiger partial charge in [-0.05, 0) is 102 Å². The van der Waals surface area contributed by atoms with Gasteiger partial charge in [-0.15, -0.1) is 0 Å². The molecule has 0 fully saturated rings. The molecule has 0 radical (unpaired) electrons. The van der Waals surface area contributed by atoms with E-state index in [4.69, 9.17) is 0 Å². The van der Waals surface area contributed by atoms with Crippen LogP contribution in [-0.2, 0) is 0 Å². The average Bonchev–Trinajstić information content (AvgIpc) is 3.79. The monoisotopic (exact) mass is 708 g/mol. The first-order chi connectivity index (χ1) is 27.8. The molecule has 2 heteroatoms. The minimum atomic E-state index is 1.15. The molecule has 0 atom stereocenters. The third-order valence-electron chi connectivity index (χ3n) is 12.4. The maximum Gasteiger partial charge on any atom is 0.0568 e. The second-order valence-electron chi connectivity index (χ2n) is 15.2. The standard InChI is InChI=1S/C54H32N2/c1-2-14-33(15-3-1)34-16-12-17-35(30-34)55-47-26-11-10-24-45(47)52-49(55)32-50-54-51-43(41-22-8-9-23-44(41)53(52)54)25-13-27-48(51)56(50)36-28-29-42-39-20-5-4-18-37(39)38-19-6-7-21-40(38)46(42)31-36/h1-32H. The van der Waals surface area contributed by atoms with E-state index in [-0.39, 0.29) is 0 Å². The Hall–Kier alpha value is -7.42. The second-order valence-corrected chi connectivity index (χ2v) is 15.2. The Morgan fingerprint density at radius 1 is 0.214 bits per heavy atom. The lowest BCUT2D eigenvalue weighted by atomic mass is 9.92. The van der Waals surface area contributed by atoms with Gasteiger partial charge >= 0.3 is 0 Å². The van der Waals surface area contributed by atoms with Gasteiger partial charge < -0.3 is 9.13 Å². The largest absolute Gasteiger partial charge is 0.309 e. The van der Waals surface area contributed by atoms with Crippen LogP contribution in [-0.4, -0.2) is 9.13 Å². The van der Waals surface area contributed by atoms with Crippen molar-refractivity contribution in [2.45, 2.75) is 0 Å². The van der Waals surface area contributed by atoms with Gasteiger partial charge in [0.25, 0.3) is 0 Å². The fourth-order valence-corrected chi connectivity index (χ4v) is 10.1. The molecule has 11 aromatic carbocycles. The van der Waals surface area contributed by atoms with Crippen LogP contribution in [0, 0.1) is 0 Å². The van der Waals surface area contributed by atoms with Crippen molar-refractivity contribution < 1.29 is 0 Å². The van der Waals surface area contributed by atoms with Crippen LogP contribution in [0.2, 0.25) is 0 Å². The van der Waals surface area contributed by atoms with Gasteiger partial charge in [0.1, 0.15) is 0 Å². The first-order valence-electron chi connectivity index (χ1n) is 19.4. The number of benzene rings is 11. The molecule has 0 amide bonds. The van der Waals surface area contributed by atoms with Crippen molar-refractivity contribution in [2.24, 2.45) is 0 Å². The summed E-state index contributed by atoms with van der Waals surface area (Å²) in [5.41, 5.74) is 9.60. The topological polar surface area (TPSA) is 9.86 Å². The van der Waals surface area contributed by atoms with E-state index in [2.05, 4.69) is 203 Å². The minimum Gasteiger partial charge on any atom is -0.309 e. The zero-order valence-electron chi connectivity index (χ0n) is 30.4. The van der Waals surface area contributed by atoms with Crippen LogP contribution in [0.3, 0.4) is 0 Å². The lowest BCUT2D eigenvalue weighted by molar-refractivity contribution is 1.17. The van der Waals surface area contributed by atoms with Crippen molar-refractivity contribution in [1.82, 2.24) is 9.13 Å².